The van der Waals surface area contributed by atoms with E-state index in [0.717, 1.165) is 68.2 Å². The Morgan fingerprint density at radius 1 is 0.931 bits per heavy atom. The number of rotatable bonds is 4. The van der Waals surface area contributed by atoms with Crippen LogP contribution in [0.1, 0.15) is 43.7 Å². The Morgan fingerprint density at radius 2 is 1.62 bits per heavy atom. The van der Waals surface area contributed by atoms with Crippen molar-refractivity contribution < 1.29 is 14.3 Å². The molecular formula is C24H30N2O3. The van der Waals surface area contributed by atoms with Gasteiger partial charge in [0.15, 0.2) is 0 Å². The normalized spacial score (nSPS) is 19.8. The van der Waals surface area contributed by atoms with E-state index in [9.17, 15) is 9.59 Å². The molecule has 5 heteroatoms. The van der Waals surface area contributed by atoms with E-state index in [1.54, 1.807) is 0 Å². The lowest BCUT2D eigenvalue weighted by molar-refractivity contribution is -0.148. The molecule has 0 N–H and O–H groups in total. The summed E-state index contributed by atoms with van der Waals surface area (Å²) in [4.78, 5) is 29.9. The molecule has 0 bridgehead atoms. The van der Waals surface area contributed by atoms with E-state index in [0.29, 0.717) is 5.91 Å². The summed E-state index contributed by atoms with van der Waals surface area (Å²) in [6.07, 6.45) is 5.07. The third-order valence-corrected chi connectivity index (χ3v) is 6.45. The molecule has 2 aromatic rings. The first-order valence-corrected chi connectivity index (χ1v) is 10.8. The second kappa shape index (κ2) is 8.95. The van der Waals surface area contributed by atoms with Gasteiger partial charge in [0.1, 0.15) is 6.04 Å². The Kier molecular flexibility index (Phi) is 6.14. The van der Waals surface area contributed by atoms with Gasteiger partial charge in [-0.1, -0.05) is 42.5 Å². The third kappa shape index (κ3) is 4.15. The van der Waals surface area contributed by atoms with Gasteiger partial charge < -0.3 is 9.64 Å². The van der Waals surface area contributed by atoms with Gasteiger partial charge in [-0.15, -0.1) is 0 Å². The summed E-state index contributed by atoms with van der Waals surface area (Å²) in [5.74, 6) is 0.154. The van der Waals surface area contributed by atoms with Crippen LogP contribution in [0.2, 0.25) is 0 Å². The molecule has 4 rings (SSSR count). The van der Waals surface area contributed by atoms with Crippen LogP contribution in [0.25, 0.3) is 10.8 Å². The molecule has 2 aliphatic rings. The Bertz CT molecular complexity index is 862. The average molecular weight is 395 g/mol. The first-order valence-electron chi connectivity index (χ1n) is 10.8. The Hall–Kier alpha value is -2.40. The second-order valence-corrected chi connectivity index (χ2v) is 8.19. The maximum absolute atomic E-state index is 12.9. The third-order valence-electron chi connectivity index (χ3n) is 6.45. The highest BCUT2D eigenvalue weighted by Crippen LogP contribution is 2.33. The minimum absolute atomic E-state index is 0.0789. The number of carbonyl (C=O) groups excluding carboxylic acids is 2. The number of piperidine rings is 2. The van der Waals surface area contributed by atoms with Gasteiger partial charge in [0.25, 0.3) is 0 Å². The molecule has 154 valence electrons. The van der Waals surface area contributed by atoms with Crippen LogP contribution in [0.15, 0.2) is 42.5 Å². The number of hydrogen-bond donors (Lipinski definition) is 0. The van der Waals surface area contributed by atoms with Crippen LogP contribution in [0.5, 0.6) is 0 Å². The van der Waals surface area contributed by atoms with Crippen LogP contribution in [0, 0.1) is 5.92 Å². The van der Waals surface area contributed by atoms with Crippen LogP contribution in [0.4, 0.5) is 0 Å². The van der Waals surface area contributed by atoms with Gasteiger partial charge >= 0.3 is 5.97 Å². The number of amides is 1. The van der Waals surface area contributed by atoms with E-state index in [-0.39, 0.29) is 11.9 Å². The Balaban J connectivity index is 1.52. The molecule has 0 aliphatic carbocycles. The quantitative estimate of drug-likeness (QED) is 0.741. The first kappa shape index (κ1) is 19.9. The van der Waals surface area contributed by atoms with Crippen molar-refractivity contribution >= 4 is 22.6 Å². The highest BCUT2D eigenvalue weighted by atomic mass is 16.5. The van der Waals surface area contributed by atoms with Crippen molar-refractivity contribution in [1.29, 1.82) is 0 Å². The van der Waals surface area contributed by atoms with Crippen LogP contribution in [-0.2, 0) is 14.3 Å². The van der Waals surface area contributed by atoms with E-state index in [1.807, 2.05) is 29.2 Å². The van der Waals surface area contributed by atoms with Crippen molar-refractivity contribution in [2.24, 2.45) is 5.92 Å². The molecule has 1 atom stereocenters. The van der Waals surface area contributed by atoms with Crippen molar-refractivity contribution in [3.8, 4) is 0 Å². The number of fused-ring (bicyclic) bond motifs is 1. The van der Waals surface area contributed by atoms with Crippen molar-refractivity contribution in [1.82, 2.24) is 9.80 Å². The van der Waals surface area contributed by atoms with E-state index in [4.69, 9.17) is 4.74 Å². The smallest absolute Gasteiger partial charge is 0.327 e. The van der Waals surface area contributed by atoms with E-state index in [2.05, 4.69) is 23.1 Å². The molecule has 1 unspecified atom stereocenters. The number of ether oxygens (including phenoxy) is 1. The van der Waals surface area contributed by atoms with Gasteiger partial charge in [0, 0.05) is 32.1 Å². The number of esters is 1. The van der Waals surface area contributed by atoms with Crippen LogP contribution in [-0.4, -0.2) is 55.0 Å². The zero-order valence-electron chi connectivity index (χ0n) is 17.2. The van der Waals surface area contributed by atoms with E-state index < -0.39 is 6.04 Å². The highest BCUT2D eigenvalue weighted by molar-refractivity contribution is 5.91. The number of hydrogen-bond acceptors (Lipinski definition) is 4. The molecule has 0 saturated carbocycles. The largest absolute Gasteiger partial charge is 0.468 e. The fourth-order valence-corrected chi connectivity index (χ4v) is 4.85. The van der Waals surface area contributed by atoms with Crippen molar-refractivity contribution in [2.45, 2.75) is 38.1 Å². The maximum atomic E-state index is 12.9. The zero-order chi connectivity index (χ0) is 20.2. The Morgan fingerprint density at radius 3 is 2.34 bits per heavy atom. The molecule has 2 aliphatic heterocycles. The van der Waals surface area contributed by atoms with Gasteiger partial charge in [-0.2, -0.15) is 0 Å². The summed E-state index contributed by atoms with van der Waals surface area (Å²) in [7, 11) is 1.45. The van der Waals surface area contributed by atoms with Gasteiger partial charge in [-0.3, -0.25) is 9.69 Å². The standard InChI is InChI=1S/C24H30N2O3/c1-29-24(28)22(21-11-7-9-18-8-3-4-10-20(18)21)25-16-12-19(13-17-25)23(27)26-14-5-2-6-15-26/h3-4,7-11,19,22H,2,5-6,12-17H2,1H3. The number of nitrogens with zero attached hydrogens (tertiary/aromatic N) is 2. The zero-order valence-corrected chi connectivity index (χ0v) is 17.2. The summed E-state index contributed by atoms with van der Waals surface area (Å²) in [5.41, 5.74) is 0.982. The molecule has 29 heavy (non-hydrogen) atoms. The second-order valence-electron chi connectivity index (χ2n) is 8.19. The maximum Gasteiger partial charge on any atom is 0.327 e. The summed E-state index contributed by atoms with van der Waals surface area (Å²) < 4.78 is 5.18. The first-order chi connectivity index (χ1) is 14.2. The summed E-state index contributed by atoms with van der Waals surface area (Å²) in [6.45, 7) is 3.26. The van der Waals surface area contributed by atoms with Gasteiger partial charge in [-0.25, -0.2) is 4.79 Å². The SMILES string of the molecule is COC(=O)C(c1cccc2ccccc12)N1CCC(C(=O)N2CCCCC2)CC1. The van der Waals surface area contributed by atoms with Crippen molar-refractivity contribution in [2.75, 3.05) is 33.3 Å². The number of methoxy groups -OCH3 is 1. The Labute approximate surface area is 172 Å². The monoisotopic (exact) mass is 394 g/mol. The fourth-order valence-electron chi connectivity index (χ4n) is 4.85. The molecule has 1 amide bonds. The average Bonchev–Trinajstić information content (AvgIpc) is 2.80. The minimum atomic E-state index is -0.433. The van der Waals surface area contributed by atoms with Gasteiger partial charge in [0.05, 0.1) is 7.11 Å². The predicted octanol–water partition coefficient (Wildman–Crippen LogP) is 3.78. The fraction of sp³-hybridized carbons (Fsp3) is 0.500. The van der Waals surface area contributed by atoms with E-state index in [1.165, 1.54) is 13.5 Å². The van der Waals surface area contributed by atoms with Crippen LogP contribution < -0.4 is 0 Å². The minimum Gasteiger partial charge on any atom is -0.468 e. The number of benzene rings is 2. The van der Waals surface area contributed by atoms with E-state index >= 15 is 0 Å². The molecule has 2 saturated heterocycles. The van der Waals surface area contributed by atoms with Gasteiger partial charge in [0.2, 0.25) is 5.91 Å². The van der Waals surface area contributed by atoms with Gasteiger partial charge in [-0.05, 0) is 48.4 Å². The van der Waals surface area contributed by atoms with Crippen molar-refractivity contribution in [3.63, 3.8) is 0 Å². The molecule has 5 nitrogen and oxygen atoms in total. The molecule has 0 radical (unpaired) electrons. The number of likely N-dealkylation sites (tertiary alicyclic amines) is 2. The lowest BCUT2D eigenvalue weighted by atomic mass is 9.91. The summed E-state index contributed by atoms with van der Waals surface area (Å²) in [6, 6.07) is 13.8. The molecule has 2 fully saturated rings. The van der Waals surface area contributed by atoms with Crippen molar-refractivity contribution in [3.05, 3.63) is 48.0 Å². The summed E-state index contributed by atoms with van der Waals surface area (Å²) in [5, 5.41) is 2.20. The highest BCUT2D eigenvalue weighted by Gasteiger charge is 2.35. The summed E-state index contributed by atoms with van der Waals surface area (Å²) >= 11 is 0. The molecule has 2 aromatic carbocycles. The lowest BCUT2D eigenvalue weighted by Gasteiger charge is -2.38. The van der Waals surface area contributed by atoms with Crippen LogP contribution >= 0.6 is 0 Å². The molecule has 0 spiro atoms. The predicted molar refractivity (Wildman–Crippen MR) is 113 cm³/mol. The lowest BCUT2D eigenvalue weighted by Crippen LogP contribution is -2.46. The molecule has 0 aromatic heterocycles. The molecular weight excluding hydrogens is 364 g/mol. The topological polar surface area (TPSA) is 49.9 Å². The van der Waals surface area contributed by atoms with Crippen LogP contribution in [0.3, 0.4) is 0 Å². The number of carbonyl (C=O) groups is 2. The molecule has 2 heterocycles.